The fraction of sp³-hybridized carbons (Fsp3) is 0. The van der Waals surface area contributed by atoms with Crippen LogP contribution in [0.3, 0.4) is 0 Å². The van der Waals surface area contributed by atoms with Crippen LogP contribution in [0.15, 0.2) is 186 Å². The summed E-state index contributed by atoms with van der Waals surface area (Å²) in [6, 6.07) is 49.1. The monoisotopic (exact) mass is 751 g/mol. The van der Waals surface area contributed by atoms with Gasteiger partial charge in [-0.25, -0.2) is 15.0 Å². The van der Waals surface area contributed by atoms with Gasteiger partial charge in [0.15, 0.2) is 17.5 Å². The lowest BCUT2D eigenvalue weighted by atomic mass is 10.0. The van der Waals surface area contributed by atoms with E-state index in [1.807, 2.05) is 78.9 Å². The Bertz CT molecular complexity index is 3760. The Hall–Kier alpha value is -7.41. The Balaban J connectivity index is 1.22. The molecule has 0 atom stereocenters. The van der Waals surface area contributed by atoms with E-state index in [0.717, 1.165) is 75.1 Å². The fourth-order valence-electron chi connectivity index (χ4n) is 8.24. The van der Waals surface area contributed by atoms with Crippen molar-refractivity contribution in [3.05, 3.63) is 182 Å². The summed E-state index contributed by atoms with van der Waals surface area (Å²) in [5, 5.41) is 6.10. The maximum Gasteiger partial charge on any atom is 0.167 e. The number of aromatic nitrogens is 4. The highest BCUT2D eigenvalue weighted by molar-refractivity contribution is 7.26. The lowest BCUT2D eigenvalue weighted by Gasteiger charge is -2.13. The van der Waals surface area contributed by atoms with E-state index in [0.29, 0.717) is 22.6 Å². The van der Waals surface area contributed by atoms with Crippen LogP contribution >= 0.6 is 11.3 Å². The topological polar surface area (TPSA) is 56.7 Å². The second kappa shape index (κ2) is 12.6. The number of rotatable bonds is 5. The zero-order valence-corrected chi connectivity index (χ0v) is 30.9. The highest BCUT2D eigenvalue weighted by Crippen LogP contribution is 2.44. The molecule has 0 saturated carbocycles. The zero-order valence-electron chi connectivity index (χ0n) is 35.0. The largest absolute Gasteiger partial charge is 0.455 e. The van der Waals surface area contributed by atoms with E-state index in [4.69, 9.17) is 26.2 Å². The minimum absolute atomic E-state index is 0.0448. The van der Waals surface area contributed by atoms with Crippen molar-refractivity contribution in [1.29, 1.82) is 0 Å². The number of para-hydroxylation sites is 3. The van der Waals surface area contributed by atoms with E-state index >= 15 is 0 Å². The molecule has 0 unspecified atom stereocenters. The number of hydrogen-bond acceptors (Lipinski definition) is 5. The van der Waals surface area contributed by atoms with Crippen molar-refractivity contribution in [3.63, 3.8) is 0 Å². The van der Waals surface area contributed by atoms with Crippen molar-refractivity contribution in [2.75, 3.05) is 0 Å². The Kier molecular flexibility index (Phi) is 6.00. The van der Waals surface area contributed by atoms with Crippen molar-refractivity contribution >= 4 is 75.3 Å². The summed E-state index contributed by atoms with van der Waals surface area (Å²) >= 11 is 1.63. The van der Waals surface area contributed by atoms with E-state index in [9.17, 15) is 0 Å². The van der Waals surface area contributed by atoms with E-state index in [2.05, 4.69) is 77.4 Å². The van der Waals surface area contributed by atoms with Gasteiger partial charge in [0.2, 0.25) is 0 Å². The number of fused-ring (bicyclic) bond motifs is 9. The van der Waals surface area contributed by atoms with Crippen LogP contribution in [-0.4, -0.2) is 19.5 Å². The second-order valence-electron chi connectivity index (χ2n) is 14.0. The maximum absolute atomic E-state index is 9.03. The van der Waals surface area contributed by atoms with E-state index in [-0.39, 0.29) is 17.2 Å². The van der Waals surface area contributed by atoms with Crippen LogP contribution in [0.1, 0.15) is 6.85 Å². The van der Waals surface area contributed by atoms with Gasteiger partial charge in [-0.15, -0.1) is 11.3 Å². The number of hydrogen-bond donors (Lipinski definition) is 0. The van der Waals surface area contributed by atoms with Gasteiger partial charge in [-0.05, 0) is 42.0 Å². The average molecular weight is 752 g/mol. The molecular formula is C51H30N4OS. The third-order valence-corrected chi connectivity index (χ3v) is 12.0. The van der Waals surface area contributed by atoms with Crippen molar-refractivity contribution in [2.24, 2.45) is 0 Å². The van der Waals surface area contributed by atoms with Crippen LogP contribution in [0, 0.1) is 0 Å². The highest BCUT2D eigenvalue weighted by Gasteiger charge is 2.23. The number of nitrogens with zero attached hydrogens (tertiary/aromatic N) is 4. The molecule has 5 nitrogen and oxygen atoms in total. The van der Waals surface area contributed by atoms with E-state index < -0.39 is 30.2 Å². The van der Waals surface area contributed by atoms with Crippen molar-refractivity contribution < 1.29 is 11.3 Å². The van der Waals surface area contributed by atoms with Crippen molar-refractivity contribution in [1.82, 2.24) is 19.5 Å². The molecule has 0 amide bonds. The lowest BCUT2D eigenvalue weighted by Crippen LogP contribution is -2.01. The highest BCUT2D eigenvalue weighted by atomic mass is 32.1. The van der Waals surface area contributed by atoms with Gasteiger partial charge in [0.05, 0.1) is 23.5 Å². The van der Waals surface area contributed by atoms with Gasteiger partial charge >= 0.3 is 0 Å². The van der Waals surface area contributed by atoms with Gasteiger partial charge in [0.1, 0.15) is 11.2 Å². The van der Waals surface area contributed by atoms with Gasteiger partial charge < -0.3 is 8.98 Å². The molecule has 0 fully saturated rings. The minimum Gasteiger partial charge on any atom is -0.455 e. The number of furan rings is 1. The molecule has 0 aliphatic rings. The van der Waals surface area contributed by atoms with Crippen LogP contribution in [0.25, 0.3) is 115 Å². The summed E-state index contributed by atoms with van der Waals surface area (Å²) in [6.07, 6.45) is 0. The van der Waals surface area contributed by atoms with Crippen LogP contribution in [-0.2, 0) is 0 Å². The molecular weight excluding hydrogens is 717 g/mol. The van der Waals surface area contributed by atoms with Crippen LogP contribution in [0.5, 0.6) is 0 Å². The lowest BCUT2D eigenvalue weighted by molar-refractivity contribution is 0.670. The quantitative estimate of drug-likeness (QED) is 0.176. The molecule has 0 N–H and O–H groups in total. The normalized spacial score (nSPS) is 13.1. The van der Waals surface area contributed by atoms with E-state index in [1.165, 1.54) is 0 Å². The second-order valence-corrected chi connectivity index (χ2v) is 15.0. The van der Waals surface area contributed by atoms with E-state index in [1.54, 1.807) is 11.3 Å². The summed E-state index contributed by atoms with van der Waals surface area (Å²) in [4.78, 5) is 15.3. The molecule has 57 heavy (non-hydrogen) atoms. The summed E-state index contributed by atoms with van der Waals surface area (Å²) in [5.74, 6) is 0.477. The summed E-state index contributed by atoms with van der Waals surface area (Å²) in [7, 11) is 0. The summed E-state index contributed by atoms with van der Waals surface area (Å²) in [6.45, 7) is 0. The Morgan fingerprint density at radius 1 is 0.456 bits per heavy atom. The van der Waals surface area contributed by atoms with Crippen molar-refractivity contribution in [2.45, 2.75) is 0 Å². The Labute approximate surface area is 337 Å². The first kappa shape index (κ1) is 27.2. The predicted molar refractivity (Wildman–Crippen MR) is 236 cm³/mol. The third-order valence-electron chi connectivity index (χ3n) is 10.8. The molecule has 0 saturated heterocycles. The van der Waals surface area contributed by atoms with Gasteiger partial charge in [-0.1, -0.05) is 145 Å². The first-order valence-electron chi connectivity index (χ1n) is 21.1. The molecule has 4 aromatic heterocycles. The molecule has 0 bridgehead atoms. The van der Waals surface area contributed by atoms with Crippen LogP contribution < -0.4 is 0 Å². The molecule has 12 aromatic rings. The molecule has 6 heteroatoms. The SMILES string of the molecule is [2H]c1c([2H])c([2H])c(-c2nc(-c3cc(-n4c5ccccc5c5ccccc54)cc4c3oc3c(-c5ccccc5)cccc34)nc(-c3cccc4c3sc3ccccc34)n2)c([2H])c1[2H]. The molecule has 8 aromatic carbocycles. The molecule has 12 rings (SSSR count). The van der Waals surface area contributed by atoms with Crippen molar-refractivity contribution in [3.8, 4) is 51.0 Å². The number of thiophene rings is 1. The van der Waals surface area contributed by atoms with Crippen LogP contribution in [0.4, 0.5) is 0 Å². The molecule has 4 heterocycles. The summed E-state index contributed by atoms with van der Waals surface area (Å²) < 4.78 is 54.9. The zero-order chi connectivity index (χ0) is 41.8. The van der Waals surface area contributed by atoms with Gasteiger partial charge in [-0.3, -0.25) is 0 Å². The van der Waals surface area contributed by atoms with Gasteiger partial charge in [-0.2, -0.15) is 0 Å². The molecule has 0 spiro atoms. The molecule has 0 radical (unpaired) electrons. The van der Waals surface area contributed by atoms with Gasteiger partial charge in [0, 0.05) is 64.1 Å². The average Bonchev–Trinajstić information content (AvgIpc) is 4.00. The first-order valence-corrected chi connectivity index (χ1v) is 19.4. The molecule has 266 valence electrons. The Morgan fingerprint density at radius 3 is 1.82 bits per heavy atom. The smallest absolute Gasteiger partial charge is 0.167 e. The Morgan fingerprint density at radius 2 is 1.05 bits per heavy atom. The van der Waals surface area contributed by atoms with Crippen LogP contribution in [0.2, 0.25) is 0 Å². The van der Waals surface area contributed by atoms with Gasteiger partial charge in [0.25, 0.3) is 0 Å². The fourth-order valence-corrected chi connectivity index (χ4v) is 9.45. The summed E-state index contributed by atoms with van der Waals surface area (Å²) in [5.41, 5.74) is 7.21. The standard InChI is InChI=1S/C51H30N4OS/c1-3-15-31(16-4-1)34-22-13-23-38-41-29-33(55-43-26-10-7-19-35(43)36-20-8-11-27-44(36)55)30-42(47(41)56-46(34)38)51-53-49(32-17-5-2-6-18-32)52-50(54-51)40-25-14-24-39-37-21-9-12-28-45(37)57-48(39)40/h1-30H/i2D,5D,6D,17D,18D. The predicted octanol–water partition coefficient (Wildman–Crippen LogP) is 13.9. The first-order chi connectivity index (χ1) is 30.3. The minimum atomic E-state index is -0.495. The number of benzene rings is 8. The maximum atomic E-state index is 9.03. The molecule has 0 aliphatic heterocycles. The molecule has 0 aliphatic carbocycles. The third kappa shape index (κ3) is 4.98.